The number of nitrogens with one attached hydrogen (secondary N) is 1. The molecule has 0 bridgehead atoms. The van der Waals surface area contributed by atoms with Gasteiger partial charge in [0.2, 0.25) is 0 Å². The summed E-state index contributed by atoms with van der Waals surface area (Å²) >= 11 is 6.08. The standard InChI is InChI=1S/C19H21ClN2O2/c1-13-10-11-15(12-16(13)20)17(23)21-22(19(2,3)4)18(24)14-8-6-5-7-9-14/h5-12H,1-4H3,(H,21,23). The predicted molar refractivity (Wildman–Crippen MR) is 96.0 cm³/mol. The molecule has 2 aromatic carbocycles. The summed E-state index contributed by atoms with van der Waals surface area (Å²) in [5.74, 6) is -0.647. The van der Waals surface area contributed by atoms with E-state index in [0.717, 1.165) is 5.56 Å². The highest BCUT2D eigenvalue weighted by Crippen LogP contribution is 2.19. The Morgan fingerprint density at radius 3 is 2.17 bits per heavy atom. The zero-order valence-electron chi connectivity index (χ0n) is 14.3. The van der Waals surface area contributed by atoms with E-state index in [9.17, 15) is 9.59 Å². The fourth-order valence-corrected chi connectivity index (χ4v) is 2.31. The molecule has 0 radical (unpaired) electrons. The first kappa shape index (κ1) is 18.0. The summed E-state index contributed by atoms with van der Waals surface area (Å²) in [7, 11) is 0. The molecule has 0 aliphatic carbocycles. The summed E-state index contributed by atoms with van der Waals surface area (Å²) in [6.45, 7) is 7.44. The third-order valence-electron chi connectivity index (χ3n) is 3.54. The molecule has 0 heterocycles. The molecule has 5 heteroatoms. The van der Waals surface area contributed by atoms with Crippen molar-refractivity contribution in [1.82, 2.24) is 10.4 Å². The monoisotopic (exact) mass is 344 g/mol. The molecular weight excluding hydrogens is 324 g/mol. The molecule has 0 fully saturated rings. The molecular formula is C19H21ClN2O2. The Morgan fingerprint density at radius 2 is 1.62 bits per heavy atom. The number of carbonyl (C=O) groups excluding carboxylic acids is 2. The van der Waals surface area contributed by atoms with Crippen LogP contribution in [0.4, 0.5) is 0 Å². The zero-order chi connectivity index (χ0) is 17.9. The number of hydrogen-bond donors (Lipinski definition) is 1. The van der Waals surface area contributed by atoms with Crippen LogP contribution in [0.2, 0.25) is 5.02 Å². The smallest absolute Gasteiger partial charge is 0.267 e. The van der Waals surface area contributed by atoms with E-state index >= 15 is 0 Å². The van der Waals surface area contributed by atoms with E-state index in [0.29, 0.717) is 16.1 Å². The summed E-state index contributed by atoms with van der Waals surface area (Å²) in [6.07, 6.45) is 0. The Bertz CT molecular complexity index is 752. The molecule has 4 nitrogen and oxygen atoms in total. The average Bonchev–Trinajstić information content (AvgIpc) is 2.54. The fourth-order valence-electron chi connectivity index (χ4n) is 2.13. The van der Waals surface area contributed by atoms with Crippen molar-refractivity contribution in [3.05, 3.63) is 70.2 Å². The van der Waals surface area contributed by atoms with Gasteiger partial charge in [0.1, 0.15) is 0 Å². The molecule has 0 aliphatic rings. The summed E-state index contributed by atoms with van der Waals surface area (Å²) in [4.78, 5) is 25.3. The van der Waals surface area contributed by atoms with Gasteiger partial charge in [0.25, 0.3) is 11.8 Å². The van der Waals surface area contributed by atoms with Crippen LogP contribution in [-0.2, 0) is 0 Å². The first-order valence-corrected chi connectivity index (χ1v) is 8.04. The number of nitrogens with zero attached hydrogens (tertiary/aromatic N) is 1. The largest absolute Gasteiger partial charge is 0.272 e. The van der Waals surface area contributed by atoms with Crippen molar-refractivity contribution in [2.24, 2.45) is 0 Å². The van der Waals surface area contributed by atoms with Crippen molar-refractivity contribution in [2.45, 2.75) is 33.2 Å². The summed E-state index contributed by atoms with van der Waals surface area (Å²) in [6, 6.07) is 13.9. The Labute approximate surface area is 147 Å². The molecule has 0 unspecified atom stereocenters. The molecule has 0 saturated heterocycles. The maximum absolute atomic E-state index is 12.8. The molecule has 2 aromatic rings. The van der Waals surface area contributed by atoms with Gasteiger partial charge in [0.15, 0.2) is 0 Å². The SMILES string of the molecule is Cc1ccc(C(=O)NN(C(=O)c2ccccc2)C(C)(C)C)cc1Cl. The van der Waals surface area contributed by atoms with Crippen molar-refractivity contribution < 1.29 is 9.59 Å². The van der Waals surface area contributed by atoms with Crippen molar-refractivity contribution in [1.29, 1.82) is 0 Å². The number of halogens is 1. The van der Waals surface area contributed by atoms with E-state index in [4.69, 9.17) is 11.6 Å². The van der Waals surface area contributed by atoms with E-state index in [1.54, 1.807) is 42.5 Å². The van der Waals surface area contributed by atoms with E-state index in [1.165, 1.54) is 5.01 Å². The number of hydrazine groups is 1. The van der Waals surface area contributed by atoms with Crippen LogP contribution >= 0.6 is 11.6 Å². The zero-order valence-corrected chi connectivity index (χ0v) is 15.0. The minimum Gasteiger partial charge on any atom is -0.267 e. The van der Waals surface area contributed by atoms with E-state index in [2.05, 4.69) is 5.43 Å². The Hall–Kier alpha value is -2.33. The molecule has 2 rings (SSSR count). The molecule has 0 spiro atoms. The highest BCUT2D eigenvalue weighted by molar-refractivity contribution is 6.31. The number of benzene rings is 2. The van der Waals surface area contributed by atoms with E-state index in [1.807, 2.05) is 33.8 Å². The number of carbonyl (C=O) groups is 2. The Balaban J connectivity index is 2.28. The van der Waals surface area contributed by atoms with Gasteiger partial charge in [-0.15, -0.1) is 0 Å². The average molecular weight is 345 g/mol. The summed E-state index contributed by atoms with van der Waals surface area (Å²) in [5, 5.41) is 1.86. The fraction of sp³-hybridized carbons (Fsp3) is 0.263. The van der Waals surface area contributed by atoms with Crippen LogP contribution in [0.15, 0.2) is 48.5 Å². The van der Waals surface area contributed by atoms with Gasteiger partial charge in [-0.1, -0.05) is 35.9 Å². The lowest BCUT2D eigenvalue weighted by atomic mass is 10.1. The van der Waals surface area contributed by atoms with Crippen molar-refractivity contribution >= 4 is 23.4 Å². The third kappa shape index (κ3) is 4.15. The van der Waals surface area contributed by atoms with Crippen LogP contribution in [0.1, 0.15) is 47.1 Å². The minimum absolute atomic E-state index is 0.269. The van der Waals surface area contributed by atoms with Crippen LogP contribution in [-0.4, -0.2) is 22.4 Å². The van der Waals surface area contributed by atoms with Gasteiger partial charge in [0.05, 0.1) is 5.54 Å². The molecule has 0 aromatic heterocycles. The number of hydrogen-bond acceptors (Lipinski definition) is 2. The highest BCUT2D eigenvalue weighted by Gasteiger charge is 2.29. The van der Waals surface area contributed by atoms with Crippen LogP contribution < -0.4 is 5.43 Å². The molecule has 1 N–H and O–H groups in total. The second-order valence-electron chi connectivity index (χ2n) is 6.58. The van der Waals surface area contributed by atoms with Crippen LogP contribution in [0, 0.1) is 6.92 Å². The lowest BCUT2D eigenvalue weighted by Gasteiger charge is -2.35. The number of amides is 2. The van der Waals surface area contributed by atoms with Gasteiger partial charge in [0, 0.05) is 16.1 Å². The second kappa shape index (κ2) is 7.05. The van der Waals surface area contributed by atoms with Crippen LogP contribution in [0.3, 0.4) is 0 Å². The van der Waals surface area contributed by atoms with Gasteiger partial charge in [-0.25, -0.2) is 5.01 Å². The number of aryl methyl sites for hydroxylation is 1. The number of rotatable bonds is 2. The topological polar surface area (TPSA) is 49.4 Å². The van der Waals surface area contributed by atoms with Crippen molar-refractivity contribution in [3.8, 4) is 0 Å². The van der Waals surface area contributed by atoms with E-state index in [-0.39, 0.29) is 11.8 Å². The quantitative estimate of drug-likeness (QED) is 0.828. The van der Waals surface area contributed by atoms with Crippen LogP contribution in [0.25, 0.3) is 0 Å². The molecule has 0 atom stereocenters. The van der Waals surface area contributed by atoms with Gasteiger partial charge >= 0.3 is 0 Å². The minimum atomic E-state index is -0.586. The third-order valence-corrected chi connectivity index (χ3v) is 3.95. The van der Waals surface area contributed by atoms with Crippen molar-refractivity contribution in [3.63, 3.8) is 0 Å². The van der Waals surface area contributed by atoms with Gasteiger partial charge in [-0.2, -0.15) is 0 Å². The first-order chi connectivity index (χ1) is 11.2. The second-order valence-corrected chi connectivity index (χ2v) is 6.99. The molecule has 126 valence electrons. The lowest BCUT2D eigenvalue weighted by Crippen LogP contribution is -2.55. The Morgan fingerprint density at radius 1 is 1.00 bits per heavy atom. The van der Waals surface area contributed by atoms with E-state index < -0.39 is 5.54 Å². The first-order valence-electron chi connectivity index (χ1n) is 7.67. The Kier molecular flexibility index (Phi) is 5.30. The maximum atomic E-state index is 12.8. The van der Waals surface area contributed by atoms with Gasteiger partial charge in [-0.3, -0.25) is 15.0 Å². The predicted octanol–water partition coefficient (Wildman–Crippen LogP) is 4.23. The molecule has 0 saturated carbocycles. The highest BCUT2D eigenvalue weighted by atomic mass is 35.5. The van der Waals surface area contributed by atoms with Gasteiger partial charge < -0.3 is 0 Å². The molecule has 0 aliphatic heterocycles. The maximum Gasteiger partial charge on any atom is 0.272 e. The normalized spacial score (nSPS) is 11.0. The lowest BCUT2D eigenvalue weighted by molar-refractivity contribution is 0.0358. The van der Waals surface area contributed by atoms with Crippen molar-refractivity contribution in [2.75, 3.05) is 0 Å². The summed E-state index contributed by atoms with van der Waals surface area (Å²) < 4.78 is 0. The molecule has 2 amide bonds. The van der Waals surface area contributed by atoms with Crippen LogP contribution in [0.5, 0.6) is 0 Å². The molecule has 24 heavy (non-hydrogen) atoms. The summed E-state index contributed by atoms with van der Waals surface area (Å²) in [5.41, 5.74) is 3.92. The van der Waals surface area contributed by atoms with Gasteiger partial charge in [-0.05, 0) is 57.5 Å².